The van der Waals surface area contributed by atoms with Gasteiger partial charge in [-0.2, -0.15) is 4.57 Å². The van der Waals surface area contributed by atoms with Crippen molar-refractivity contribution in [2.75, 3.05) is 19.5 Å². The lowest BCUT2D eigenvalue weighted by Crippen LogP contribution is -2.40. The van der Waals surface area contributed by atoms with Crippen LogP contribution in [0.25, 0.3) is 0 Å². The van der Waals surface area contributed by atoms with Crippen LogP contribution in [0.5, 0.6) is 0 Å². The first-order valence-electron chi connectivity index (χ1n) is 7.75. The third kappa shape index (κ3) is 4.88. The van der Waals surface area contributed by atoms with E-state index in [1.54, 1.807) is 12.3 Å². The number of nitrogens with two attached hydrogens (primary N) is 1. The summed E-state index contributed by atoms with van der Waals surface area (Å²) < 4.78 is 10.8. The van der Waals surface area contributed by atoms with Crippen molar-refractivity contribution in [3.05, 3.63) is 59.4 Å². The maximum Gasteiger partial charge on any atom is 0.339 e. The summed E-state index contributed by atoms with van der Waals surface area (Å²) in [6.07, 6.45) is 3.01. The summed E-state index contributed by atoms with van der Waals surface area (Å²) in [7, 11) is 2.42. The number of carbonyl (C=O) groups is 4. The van der Waals surface area contributed by atoms with Gasteiger partial charge in [0.05, 0.1) is 31.0 Å². The van der Waals surface area contributed by atoms with Crippen molar-refractivity contribution < 1.29 is 33.2 Å². The lowest BCUT2D eigenvalue weighted by atomic mass is 10.1. The van der Waals surface area contributed by atoms with Gasteiger partial charge in [0.15, 0.2) is 12.4 Å². The number of nitrogens with zero attached hydrogens (tertiary/aromatic N) is 1. The van der Waals surface area contributed by atoms with Crippen LogP contribution in [0.1, 0.15) is 31.1 Å². The van der Waals surface area contributed by atoms with Crippen LogP contribution < -0.4 is 15.6 Å². The molecule has 0 fully saturated rings. The summed E-state index contributed by atoms with van der Waals surface area (Å²) in [6, 6.07) is 7.16. The van der Waals surface area contributed by atoms with E-state index in [2.05, 4.69) is 14.8 Å². The van der Waals surface area contributed by atoms with Crippen LogP contribution in [-0.2, 0) is 20.8 Å². The lowest BCUT2D eigenvalue weighted by molar-refractivity contribution is -0.684. The molecule has 0 aliphatic rings. The highest BCUT2D eigenvalue weighted by Crippen LogP contribution is 2.19. The lowest BCUT2D eigenvalue weighted by Gasteiger charge is -2.10. The zero-order chi connectivity index (χ0) is 20.0. The molecule has 27 heavy (non-hydrogen) atoms. The van der Waals surface area contributed by atoms with E-state index in [0.717, 1.165) is 0 Å². The Kier molecular flexibility index (Phi) is 6.21. The van der Waals surface area contributed by atoms with Crippen LogP contribution in [0, 0.1) is 0 Å². The Balaban J connectivity index is 2.27. The summed E-state index contributed by atoms with van der Waals surface area (Å²) in [5, 5.41) is 2.56. The predicted octanol–water partition coefficient (Wildman–Crippen LogP) is 0.285. The van der Waals surface area contributed by atoms with Crippen molar-refractivity contribution >= 4 is 29.4 Å². The fourth-order valence-corrected chi connectivity index (χ4v) is 2.30. The molecule has 140 valence electrons. The van der Waals surface area contributed by atoms with Gasteiger partial charge in [-0.15, -0.1) is 0 Å². The average molecular weight is 372 g/mol. The van der Waals surface area contributed by atoms with E-state index in [4.69, 9.17) is 5.73 Å². The van der Waals surface area contributed by atoms with E-state index >= 15 is 0 Å². The molecule has 2 amide bonds. The highest BCUT2D eigenvalue weighted by molar-refractivity contribution is 6.03. The van der Waals surface area contributed by atoms with Crippen LogP contribution in [0.15, 0.2) is 42.7 Å². The number of aromatic nitrogens is 1. The molecular formula is C18H18N3O6+. The molecule has 9 nitrogen and oxygen atoms in total. The van der Waals surface area contributed by atoms with Gasteiger partial charge in [0, 0.05) is 6.07 Å². The monoisotopic (exact) mass is 372 g/mol. The highest BCUT2D eigenvalue weighted by Gasteiger charge is 2.19. The van der Waals surface area contributed by atoms with Crippen LogP contribution in [0.3, 0.4) is 0 Å². The fourth-order valence-electron chi connectivity index (χ4n) is 2.30. The molecule has 0 bridgehead atoms. The van der Waals surface area contributed by atoms with Crippen molar-refractivity contribution in [1.29, 1.82) is 0 Å². The highest BCUT2D eigenvalue weighted by atomic mass is 16.5. The molecule has 2 rings (SSSR count). The quantitative estimate of drug-likeness (QED) is 0.554. The van der Waals surface area contributed by atoms with E-state index < -0.39 is 23.8 Å². The fraction of sp³-hybridized carbons (Fsp3) is 0.167. The Morgan fingerprint density at radius 1 is 1.04 bits per heavy atom. The number of primary amides is 1. The SMILES string of the molecule is COC(=O)c1ccc(C(=O)OC)c(NC(=O)C[n+]2cccc(C(N)=O)c2)c1. The molecule has 1 aromatic heterocycles. The smallest absolute Gasteiger partial charge is 0.339 e. The van der Waals surface area contributed by atoms with Gasteiger partial charge in [0.2, 0.25) is 6.54 Å². The maximum atomic E-state index is 12.4. The van der Waals surface area contributed by atoms with E-state index in [1.807, 2.05) is 0 Å². The first kappa shape index (κ1) is 19.6. The number of benzene rings is 1. The number of pyridine rings is 1. The maximum absolute atomic E-state index is 12.4. The van der Waals surface area contributed by atoms with Gasteiger partial charge in [0.1, 0.15) is 5.56 Å². The van der Waals surface area contributed by atoms with Crippen LogP contribution >= 0.6 is 0 Å². The average Bonchev–Trinajstić information content (AvgIpc) is 2.66. The van der Waals surface area contributed by atoms with E-state index in [0.29, 0.717) is 0 Å². The molecule has 3 N–H and O–H groups in total. The molecule has 0 saturated carbocycles. The second kappa shape index (κ2) is 8.56. The first-order chi connectivity index (χ1) is 12.8. The molecule has 0 saturated heterocycles. The van der Waals surface area contributed by atoms with Gasteiger partial charge in [0.25, 0.3) is 11.8 Å². The molecule has 9 heteroatoms. The van der Waals surface area contributed by atoms with Crippen molar-refractivity contribution in [3.63, 3.8) is 0 Å². The Bertz CT molecular complexity index is 910. The molecule has 1 aromatic carbocycles. The number of carbonyl (C=O) groups excluding carboxylic acids is 4. The number of hydrogen-bond acceptors (Lipinski definition) is 6. The van der Waals surface area contributed by atoms with Crippen molar-refractivity contribution in [3.8, 4) is 0 Å². The molecule has 1 heterocycles. The second-order valence-electron chi connectivity index (χ2n) is 5.42. The number of amides is 2. The predicted molar refractivity (Wildman–Crippen MR) is 92.9 cm³/mol. The Labute approximate surface area is 154 Å². The number of esters is 2. The number of hydrogen-bond donors (Lipinski definition) is 2. The normalized spacial score (nSPS) is 10.0. The van der Waals surface area contributed by atoms with Crippen LogP contribution in [-0.4, -0.2) is 38.0 Å². The van der Waals surface area contributed by atoms with Crippen molar-refractivity contribution in [2.24, 2.45) is 5.73 Å². The summed E-state index contributed by atoms with van der Waals surface area (Å²) in [4.78, 5) is 47.2. The minimum absolute atomic E-state index is 0.0781. The Morgan fingerprint density at radius 2 is 1.74 bits per heavy atom. The zero-order valence-electron chi connectivity index (χ0n) is 14.7. The van der Waals surface area contributed by atoms with Crippen LogP contribution in [0.2, 0.25) is 0 Å². The van der Waals surface area contributed by atoms with Crippen molar-refractivity contribution in [1.82, 2.24) is 0 Å². The van der Waals surface area contributed by atoms with Gasteiger partial charge in [-0.3, -0.25) is 9.59 Å². The van der Waals surface area contributed by atoms with Gasteiger partial charge >= 0.3 is 11.9 Å². The standard InChI is InChI=1S/C18H17N3O6/c1-26-17(24)11-5-6-13(18(25)27-2)14(8-11)20-15(22)10-21-7-3-4-12(9-21)16(19)23/h3-9H,10H2,1-2H3,(H2-,19,20,22,23,25)/p+1. The minimum Gasteiger partial charge on any atom is -0.465 e. The molecule has 2 aromatic rings. The third-order valence-electron chi connectivity index (χ3n) is 3.59. The number of rotatable bonds is 6. The third-order valence-corrected chi connectivity index (χ3v) is 3.59. The second-order valence-corrected chi connectivity index (χ2v) is 5.42. The Hall–Kier alpha value is -3.75. The topological polar surface area (TPSA) is 129 Å². The molecular weight excluding hydrogens is 354 g/mol. The zero-order valence-corrected chi connectivity index (χ0v) is 14.7. The van der Waals surface area contributed by atoms with E-state index in [1.165, 1.54) is 49.2 Å². The van der Waals surface area contributed by atoms with Gasteiger partial charge in [-0.1, -0.05) is 0 Å². The first-order valence-corrected chi connectivity index (χ1v) is 7.75. The summed E-state index contributed by atoms with van der Waals surface area (Å²) in [6.45, 7) is -0.149. The summed E-state index contributed by atoms with van der Waals surface area (Å²) in [5.41, 5.74) is 5.79. The molecule has 0 spiro atoms. The minimum atomic E-state index is -0.676. The largest absolute Gasteiger partial charge is 0.465 e. The Morgan fingerprint density at radius 3 is 2.37 bits per heavy atom. The summed E-state index contributed by atoms with van der Waals surface area (Å²) in [5.74, 6) is -2.41. The number of methoxy groups -OCH3 is 2. The molecule has 0 unspecified atom stereocenters. The van der Waals surface area contributed by atoms with Gasteiger partial charge < -0.3 is 20.5 Å². The molecule has 0 radical (unpaired) electrons. The molecule has 0 atom stereocenters. The molecule has 0 aliphatic heterocycles. The van der Waals surface area contributed by atoms with Crippen molar-refractivity contribution in [2.45, 2.75) is 6.54 Å². The van der Waals surface area contributed by atoms with Gasteiger partial charge in [-0.05, 0) is 24.3 Å². The molecule has 0 aliphatic carbocycles. The van der Waals surface area contributed by atoms with Gasteiger partial charge in [-0.25, -0.2) is 9.59 Å². The number of nitrogens with one attached hydrogen (secondary N) is 1. The summed E-state index contributed by atoms with van der Waals surface area (Å²) >= 11 is 0. The van der Waals surface area contributed by atoms with E-state index in [-0.39, 0.29) is 28.9 Å². The number of anilines is 1. The van der Waals surface area contributed by atoms with E-state index in [9.17, 15) is 19.2 Å². The van der Waals surface area contributed by atoms with Crippen LogP contribution in [0.4, 0.5) is 5.69 Å². The number of ether oxygens (including phenoxy) is 2.